The molecule has 0 unspecified atom stereocenters. The zero-order valence-corrected chi connectivity index (χ0v) is 17.2. The second kappa shape index (κ2) is 8.86. The van der Waals surface area contributed by atoms with Crippen LogP contribution in [-0.2, 0) is 10.0 Å². The maximum Gasteiger partial charge on any atom is 0.278 e. The van der Waals surface area contributed by atoms with Gasteiger partial charge in [-0.05, 0) is 24.3 Å². The van der Waals surface area contributed by atoms with E-state index < -0.39 is 15.6 Å². The first kappa shape index (κ1) is 21.2. The average molecular weight is 459 g/mol. The van der Waals surface area contributed by atoms with Crippen molar-refractivity contribution in [3.63, 3.8) is 0 Å². The van der Waals surface area contributed by atoms with Crippen LogP contribution < -0.4 is 11.3 Å². The van der Waals surface area contributed by atoms with Gasteiger partial charge in [0.05, 0.1) is 10.6 Å². The molecule has 2 aromatic heterocycles. The molecule has 0 amide bonds. The molecule has 4 N–H and O–H groups in total. The number of fused-ring (bicyclic) bond motifs is 1. The lowest BCUT2D eigenvalue weighted by Crippen LogP contribution is -2.34. The highest BCUT2D eigenvalue weighted by Crippen LogP contribution is 2.22. The predicted octanol–water partition coefficient (Wildman–Crippen LogP) is 2.11. The summed E-state index contributed by atoms with van der Waals surface area (Å²) >= 11 is 11.4. The highest BCUT2D eigenvalue weighted by Gasteiger charge is 2.23. The number of imidazole rings is 1. The number of alkyl halides is 2. The van der Waals surface area contributed by atoms with E-state index in [9.17, 15) is 13.2 Å². The van der Waals surface area contributed by atoms with Crippen molar-refractivity contribution in [1.82, 2.24) is 24.2 Å². The zero-order valence-electron chi connectivity index (χ0n) is 14.8. The fourth-order valence-electron chi connectivity index (χ4n) is 2.44. The molecule has 0 spiro atoms. The van der Waals surface area contributed by atoms with E-state index in [-0.39, 0.29) is 52.8 Å². The van der Waals surface area contributed by atoms with Gasteiger partial charge in [-0.25, -0.2) is 8.42 Å². The minimum Gasteiger partial charge on any atom is -0.369 e. The first-order valence-corrected chi connectivity index (χ1v) is 10.8. The summed E-state index contributed by atoms with van der Waals surface area (Å²) < 4.78 is 26.5. The van der Waals surface area contributed by atoms with Crippen LogP contribution in [0.1, 0.15) is 0 Å². The van der Waals surface area contributed by atoms with Gasteiger partial charge in [-0.2, -0.15) is 14.3 Å². The van der Waals surface area contributed by atoms with Gasteiger partial charge in [-0.15, -0.1) is 33.4 Å². The molecular weight excluding hydrogens is 443 g/mol. The molecule has 3 aromatic rings. The Bertz CT molecular complexity index is 1180. The Balaban J connectivity index is 1.81. The topological polar surface area (TPSA) is 163 Å². The predicted molar refractivity (Wildman–Crippen MR) is 110 cm³/mol. The first-order valence-electron chi connectivity index (χ1n) is 8.24. The lowest BCUT2D eigenvalue weighted by molar-refractivity contribution is 0.448. The minimum atomic E-state index is -3.72. The molecule has 11 nitrogen and oxygen atoms in total. The van der Waals surface area contributed by atoms with Crippen LogP contribution >= 0.6 is 23.2 Å². The largest absolute Gasteiger partial charge is 0.369 e. The summed E-state index contributed by atoms with van der Waals surface area (Å²) in [7, 11) is -3.72. The molecule has 0 saturated carbocycles. The van der Waals surface area contributed by atoms with Crippen LogP contribution in [0.4, 0.5) is 17.6 Å². The third kappa shape index (κ3) is 4.72. The van der Waals surface area contributed by atoms with Crippen LogP contribution in [-0.4, -0.2) is 57.5 Å². The molecule has 2 heterocycles. The third-order valence-corrected chi connectivity index (χ3v) is 6.02. The molecular formula is C15H16Cl2N8O3S. The molecule has 1 aromatic carbocycles. The maximum absolute atomic E-state index is 12.7. The second-order valence-electron chi connectivity index (χ2n) is 5.69. The SMILES string of the molecule is Nc1nc2nc(N=Nc3ccc(S(=O)(=O)N(CCCl)CCCl)cc3)[nH]c2c(=O)[nH]1. The van der Waals surface area contributed by atoms with E-state index in [0.717, 1.165) is 0 Å². The van der Waals surface area contributed by atoms with Gasteiger partial charge >= 0.3 is 0 Å². The maximum atomic E-state index is 12.7. The average Bonchev–Trinajstić information content (AvgIpc) is 3.10. The number of anilines is 1. The number of nitrogens with two attached hydrogens (primary N) is 1. The van der Waals surface area contributed by atoms with Gasteiger partial charge < -0.3 is 10.7 Å². The van der Waals surface area contributed by atoms with Gasteiger partial charge in [0.25, 0.3) is 5.56 Å². The molecule has 29 heavy (non-hydrogen) atoms. The standard InChI is InChI=1S/C15H16Cl2N8O3S/c16-5-7-25(8-6-17)29(27,28)10-3-1-9(2-4-10)23-24-15-19-11-12(21-15)20-14(18)22-13(11)26/h1-4H,5-8H2,(H4,18,19,20,21,22,26). The fraction of sp³-hybridized carbons (Fsp3) is 0.267. The van der Waals surface area contributed by atoms with Crippen molar-refractivity contribution in [3.8, 4) is 0 Å². The van der Waals surface area contributed by atoms with Crippen LogP contribution in [0.5, 0.6) is 0 Å². The van der Waals surface area contributed by atoms with E-state index >= 15 is 0 Å². The summed E-state index contributed by atoms with van der Waals surface area (Å²) in [6.45, 7) is 0.309. The number of aromatic amines is 2. The molecule has 0 fully saturated rings. The Morgan fingerprint density at radius 3 is 2.31 bits per heavy atom. The molecule has 0 radical (unpaired) electrons. The van der Waals surface area contributed by atoms with Crippen LogP contribution in [0.25, 0.3) is 11.2 Å². The molecule has 154 valence electrons. The molecule has 0 aliphatic carbocycles. The van der Waals surface area contributed by atoms with Crippen LogP contribution in [0.15, 0.2) is 44.2 Å². The van der Waals surface area contributed by atoms with Crippen LogP contribution in [0, 0.1) is 0 Å². The van der Waals surface area contributed by atoms with E-state index in [2.05, 4.69) is 30.2 Å². The van der Waals surface area contributed by atoms with Gasteiger partial charge in [0.1, 0.15) is 0 Å². The number of rotatable bonds is 8. The van der Waals surface area contributed by atoms with Crippen molar-refractivity contribution in [2.45, 2.75) is 4.90 Å². The summed E-state index contributed by atoms with van der Waals surface area (Å²) in [4.78, 5) is 24.8. The van der Waals surface area contributed by atoms with Gasteiger partial charge in [0, 0.05) is 24.8 Å². The summed E-state index contributed by atoms with van der Waals surface area (Å²) in [5, 5.41) is 7.87. The zero-order chi connectivity index (χ0) is 21.0. The molecule has 0 saturated heterocycles. The number of sulfonamides is 1. The number of halogens is 2. The van der Waals surface area contributed by atoms with Crippen molar-refractivity contribution in [2.75, 3.05) is 30.6 Å². The molecule has 0 aliphatic heterocycles. The van der Waals surface area contributed by atoms with Crippen molar-refractivity contribution >= 4 is 62.0 Å². The molecule has 0 bridgehead atoms. The molecule has 0 aliphatic rings. The normalized spacial score (nSPS) is 12.4. The summed E-state index contributed by atoms with van der Waals surface area (Å²) in [6, 6.07) is 5.79. The lowest BCUT2D eigenvalue weighted by Gasteiger charge is -2.20. The highest BCUT2D eigenvalue weighted by atomic mass is 35.5. The number of hydrogen-bond donors (Lipinski definition) is 3. The number of nitrogens with zero attached hydrogens (tertiary/aromatic N) is 5. The fourth-order valence-corrected chi connectivity index (χ4v) is 4.49. The van der Waals surface area contributed by atoms with Crippen molar-refractivity contribution in [2.24, 2.45) is 10.2 Å². The quantitative estimate of drug-likeness (QED) is 0.345. The highest BCUT2D eigenvalue weighted by molar-refractivity contribution is 7.89. The molecule has 3 rings (SSSR count). The Morgan fingerprint density at radius 2 is 1.69 bits per heavy atom. The number of benzene rings is 1. The summed E-state index contributed by atoms with van der Waals surface area (Å²) in [5.74, 6) is 0.300. The summed E-state index contributed by atoms with van der Waals surface area (Å²) in [5.41, 5.74) is 5.60. The van der Waals surface area contributed by atoms with Crippen molar-refractivity contribution in [1.29, 1.82) is 0 Å². The second-order valence-corrected chi connectivity index (χ2v) is 8.38. The number of nitrogen functional groups attached to an aromatic ring is 1. The third-order valence-electron chi connectivity index (χ3n) is 3.77. The minimum absolute atomic E-state index is 0.0516. The van der Waals surface area contributed by atoms with Gasteiger partial charge in [0.2, 0.25) is 21.9 Å². The van der Waals surface area contributed by atoms with Gasteiger partial charge in [-0.1, -0.05) is 0 Å². The monoisotopic (exact) mass is 458 g/mol. The lowest BCUT2D eigenvalue weighted by atomic mass is 10.3. The van der Waals surface area contributed by atoms with E-state index in [1.165, 1.54) is 28.6 Å². The Labute approximate surface area is 175 Å². The van der Waals surface area contributed by atoms with E-state index in [1.807, 2.05) is 0 Å². The Kier molecular flexibility index (Phi) is 6.47. The molecule has 14 heteroatoms. The van der Waals surface area contributed by atoms with Crippen molar-refractivity contribution < 1.29 is 8.42 Å². The molecule has 0 atom stereocenters. The van der Waals surface area contributed by atoms with Gasteiger partial charge in [0.15, 0.2) is 11.2 Å². The first-order chi connectivity index (χ1) is 13.8. The van der Waals surface area contributed by atoms with E-state index in [0.29, 0.717) is 5.69 Å². The van der Waals surface area contributed by atoms with E-state index in [4.69, 9.17) is 28.9 Å². The number of azo groups is 1. The smallest absolute Gasteiger partial charge is 0.278 e. The Morgan fingerprint density at radius 1 is 1.03 bits per heavy atom. The number of nitrogens with one attached hydrogen (secondary N) is 2. The Hall–Kier alpha value is -2.54. The van der Waals surface area contributed by atoms with E-state index in [1.54, 1.807) is 0 Å². The summed E-state index contributed by atoms with van der Waals surface area (Å²) in [6.07, 6.45) is 0. The van der Waals surface area contributed by atoms with Crippen LogP contribution in [0.2, 0.25) is 0 Å². The van der Waals surface area contributed by atoms with Crippen LogP contribution in [0.3, 0.4) is 0 Å². The van der Waals surface area contributed by atoms with Gasteiger partial charge in [-0.3, -0.25) is 9.78 Å². The number of H-pyrrole nitrogens is 2. The number of aromatic nitrogens is 4. The van der Waals surface area contributed by atoms with Crippen molar-refractivity contribution in [3.05, 3.63) is 34.6 Å². The number of hydrogen-bond acceptors (Lipinski definition) is 8.